The van der Waals surface area contributed by atoms with E-state index in [4.69, 9.17) is 0 Å². The van der Waals surface area contributed by atoms with Crippen LogP contribution in [-0.2, 0) is 0 Å². The van der Waals surface area contributed by atoms with Gasteiger partial charge in [0.1, 0.15) is 0 Å². The third kappa shape index (κ3) is 3.91. The van der Waals surface area contributed by atoms with Crippen LogP contribution in [0.3, 0.4) is 0 Å². The highest BCUT2D eigenvalue weighted by Gasteiger charge is 2.10. The molecule has 1 aromatic heterocycles. The zero-order chi connectivity index (χ0) is 14.2. The van der Waals surface area contributed by atoms with E-state index in [1.807, 2.05) is 18.3 Å². The molecule has 2 rings (SSSR count). The molecule has 0 saturated heterocycles. The molecule has 2 heteroatoms. The van der Waals surface area contributed by atoms with Gasteiger partial charge >= 0.3 is 0 Å². The molecule has 2 nitrogen and oxygen atoms in total. The van der Waals surface area contributed by atoms with Crippen molar-refractivity contribution in [3.05, 3.63) is 54.7 Å². The van der Waals surface area contributed by atoms with Crippen LogP contribution in [0.1, 0.15) is 44.2 Å². The molecule has 106 valence electrons. The van der Waals surface area contributed by atoms with E-state index in [1.54, 1.807) is 0 Å². The van der Waals surface area contributed by atoms with Gasteiger partial charge in [0.25, 0.3) is 0 Å². The highest BCUT2D eigenvalue weighted by molar-refractivity contribution is 5.79. The second-order valence-electron chi connectivity index (χ2n) is 5.18. The van der Waals surface area contributed by atoms with Crippen LogP contribution >= 0.6 is 0 Å². The largest absolute Gasteiger partial charge is 0.310 e. The maximum atomic E-state index is 4.39. The van der Waals surface area contributed by atoms with E-state index in [0.717, 1.165) is 31.3 Å². The fraction of sp³-hybridized carbons (Fsp3) is 0.389. The van der Waals surface area contributed by atoms with Crippen molar-refractivity contribution in [1.29, 1.82) is 0 Å². The minimum Gasteiger partial charge on any atom is -0.310 e. The van der Waals surface area contributed by atoms with Crippen molar-refractivity contribution < 1.29 is 0 Å². The van der Waals surface area contributed by atoms with Gasteiger partial charge in [-0.3, -0.25) is 4.98 Å². The Balaban J connectivity index is 2.17. The molecular formula is C18H24N2. The lowest BCUT2D eigenvalue weighted by Crippen LogP contribution is -2.22. The average molecular weight is 268 g/mol. The minimum atomic E-state index is 0.430. The third-order valence-corrected chi connectivity index (χ3v) is 3.57. The van der Waals surface area contributed by atoms with E-state index in [2.05, 4.69) is 48.1 Å². The summed E-state index contributed by atoms with van der Waals surface area (Å²) in [5, 5.41) is 4.87. The first-order chi connectivity index (χ1) is 9.85. The predicted molar refractivity (Wildman–Crippen MR) is 86.8 cm³/mol. The summed E-state index contributed by atoms with van der Waals surface area (Å²) in [4.78, 5) is 4.39. The zero-order valence-corrected chi connectivity index (χ0v) is 12.3. The second-order valence-corrected chi connectivity index (χ2v) is 5.18. The van der Waals surface area contributed by atoms with Gasteiger partial charge in [-0.1, -0.05) is 25.1 Å². The third-order valence-electron chi connectivity index (χ3n) is 3.57. The Labute approximate surface area is 121 Å². The van der Waals surface area contributed by atoms with Gasteiger partial charge in [-0.15, -0.1) is 6.58 Å². The number of pyridine rings is 1. The van der Waals surface area contributed by atoms with E-state index >= 15 is 0 Å². The summed E-state index contributed by atoms with van der Waals surface area (Å²) in [5.74, 6) is 0. The summed E-state index contributed by atoms with van der Waals surface area (Å²) < 4.78 is 0. The molecule has 0 aliphatic carbocycles. The summed E-state index contributed by atoms with van der Waals surface area (Å²) in [6.45, 7) is 7.07. The van der Waals surface area contributed by atoms with Crippen molar-refractivity contribution in [2.24, 2.45) is 0 Å². The Morgan fingerprint density at radius 3 is 3.05 bits per heavy atom. The number of fused-ring (bicyclic) bond motifs is 1. The number of aromatic nitrogens is 1. The zero-order valence-electron chi connectivity index (χ0n) is 12.3. The minimum absolute atomic E-state index is 0.430. The van der Waals surface area contributed by atoms with Crippen molar-refractivity contribution >= 4 is 10.9 Å². The van der Waals surface area contributed by atoms with Crippen molar-refractivity contribution in [1.82, 2.24) is 10.3 Å². The summed E-state index contributed by atoms with van der Waals surface area (Å²) in [7, 11) is 0. The molecule has 1 atom stereocenters. The van der Waals surface area contributed by atoms with Gasteiger partial charge in [0.05, 0.1) is 5.52 Å². The summed E-state index contributed by atoms with van der Waals surface area (Å²) in [5.41, 5.74) is 2.43. The van der Waals surface area contributed by atoms with Gasteiger partial charge in [0.15, 0.2) is 0 Å². The normalized spacial score (nSPS) is 12.4. The Morgan fingerprint density at radius 1 is 1.35 bits per heavy atom. The molecule has 0 amide bonds. The van der Waals surface area contributed by atoms with Crippen molar-refractivity contribution in [2.75, 3.05) is 6.54 Å². The number of hydrogen-bond donors (Lipinski definition) is 1. The predicted octanol–water partition coefficient (Wildman–Crippen LogP) is 4.63. The molecule has 0 fully saturated rings. The first kappa shape index (κ1) is 14.7. The number of benzene rings is 1. The van der Waals surface area contributed by atoms with E-state index in [9.17, 15) is 0 Å². The van der Waals surface area contributed by atoms with E-state index in [-0.39, 0.29) is 0 Å². The molecule has 0 spiro atoms. The molecule has 0 aliphatic heterocycles. The fourth-order valence-electron chi connectivity index (χ4n) is 2.48. The van der Waals surface area contributed by atoms with Crippen LogP contribution in [-0.4, -0.2) is 11.5 Å². The molecule has 0 aliphatic rings. The lowest BCUT2D eigenvalue weighted by molar-refractivity contribution is 0.486. The Bertz CT molecular complexity index is 548. The molecule has 1 N–H and O–H groups in total. The second kappa shape index (κ2) is 7.81. The Hall–Kier alpha value is -1.67. The molecule has 0 radical (unpaired) electrons. The van der Waals surface area contributed by atoms with Gasteiger partial charge in [-0.05, 0) is 56.0 Å². The quantitative estimate of drug-likeness (QED) is 0.557. The fourth-order valence-corrected chi connectivity index (χ4v) is 2.48. The van der Waals surface area contributed by atoms with Crippen LogP contribution in [0.15, 0.2) is 49.2 Å². The number of rotatable bonds is 8. The highest BCUT2D eigenvalue weighted by Crippen LogP contribution is 2.23. The number of unbranched alkanes of at least 4 members (excludes halogenated alkanes) is 1. The van der Waals surface area contributed by atoms with Gasteiger partial charge in [0, 0.05) is 17.6 Å². The summed E-state index contributed by atoms with van der Waals surface area (Å²) in [6, 6.07) is 11.2. The number of nitrogens with one attached hydrogen (secondary N) is 1. The summed E-state index contributed by atoms with van der Waals surface area (Å²) >= 11 is 0. The molecule has 0 bridgehead atoms. The molecular weight excluding hydrogens is 244 g/mol. The standard InChI is InChI=1S/C18H24N2/c1-3-5-6-9-17(19-12-4-2)16-10-11-18-15(14-16)8-7-13-20-18/h3,7-8,10-11,13-14,17,19H,1,4-6,9,12H2,2H3. The lowest BCUT2D eigenvalue weighted by atomic mass is 9.99. The van der Waals surface area contributed by atoms with Gasteiger partial charge in [-0.2, -0.15) is 0 Å². The molecule has 1 aromatic carbocycles. The molecule has 0 saturated carbocycles. The molecule has 20 heavy (non-hydrogen) atoms. The number of hydrogen-bond acceptors (Lipinski definition) is 2. The van der Waals surface area contributed by atoms with E-state index in [0.29, 0.717) is 6.04 Å². The van der Waals surface area contributed by atoms with Gasteiger partial charge in [-0.25, -0.2) is 0 Å². The molecule has 1 unspecified atom stereocenters. The van der Waals surface area contributed by atoms with Crippen LogP contribution in [0.4, 0.5) is 0 Å². The lowest BCUT2D eigenvalue weighted by Gasteiger charge is -2.19. The topological polar surface area (TPSA) is 24.9 Å². The summed E-state index contributed by atoms with van der Waals surface area (Å²) in [6.07, 6.45) is 8.42. The van der Waals surface area contributed by atoms with Crippen LogP contribution in [0.5, 0.6) is 0 Å². The maximum Gasteiger partial charge on any atom is 0.0702 e. The van der Waals surface area contributed by atoms with Gasteiger partial charge in [0.2, 0.25) is 0 Å². The Kier molecular flexibility index (Phi) is 5.75. The van der Waals surface area contributed by atoms with Crippen LogP contribution in [0.2, 0.25) is 0 Å². The number of nitrogens with zero attached hydrogens (tertiary/aromatic N) is 1. The number of allylic oxidation sites excluding steroid dienone is 1. The van der Waals surface area contributed by atoms with E-state index < -0.39 is 0 Å². The van der Waals surface area contributed by atoms with Crippen molar-refractivity contribution in [3.8, 4) is 0 Å². The monoisotopic (exact) mass is 268 g/mol. The first-order valence-electron chi connectivity index (χ1n) is 7.54. The van der Waals surface area contributed by atoms with Crippen LogP contribution < -0.4 is 5.32 Å². The Morgan fingerprint density at radius 2 is 2.25 bits per heavy atom. The highest BCUT2D eigenvalue weighted by atomic mass is 14.9. The van der Waals surface area contributed by atoms with E-state index in [1.165, 1.54) is 17.4 Å². The molecule has 2 aromatic rings. The van der Waals surface area contributed by atoms with Crippen molar-refractivity contribution in [3.63, 3.8) is 0 Å². The van der Waals surface area contributed by atoms with Crippen LogP contribution in [0, 0.1) is 0 Å². The SMILES string of the molecule is C=CCCCC(NCCC)c1ccc2ncccc2c1. The average Bonchev–Trinajstić information content (AvgIpc) is 2.50. The first-order valence-corrected chi connectivity index (χ1v) is 7.54. The van der Waals surface area contributed by atoms with Crippen LogP contribution in [0.25, 0.3) is 10.9 Å². The smallest absolute Gasteiger partial charge is 0.0702 e. The molecule has 1 heterocycles. The van der Waals surface area contributed by atoms with Gasteiger partial charge < -0.3 is 5.32 Å². The maximum absolute atomic E-state index is 4.39. The van der Waals surface area contributed by atoms with Crippen molar-refractivity contribution in [2.45, 2.75) is 38.6 Å².